The number of aromatic nitrogens is 2. The van der Waals surface area contributed by atoms with Gasteiger partial charge in [-0.15, -0.1) is 0 Å². The number of hydrogen-bond acceptors (Lipinski definition) is 9. The molecule has 2 N–H and O–H groups in total. The van der Waals surface area contributed by atoms with Crippen molar-refractivity contribution in [3.63, 3.8) is 0 Å². The summed E-state index contributed by atoms with van der Waals surface area (Å²) >= 11 is 1.40. The van der Waals surface area contributed by atoms with Crippen LogP contribution < -0.4 is 14.5 Å². The van der Waals surface area contributed by atoms with Crippen LogP contribution in [-0.2, 0) is 23.0 Å². The SMILES string of the molecule is CN(c1cccc(-c2ccc(N3CCc4cccc(C(=O)Nc5nc6ccccc6s5)c4C3)nc2C(=O)O)c1C#N)S(=O)(=O)C1CCCCC1. The third kappa shape index (κ3) is 6.16. The van der Waals surface area contributed by atoms with E-state index >= 15 is 0 Å². The standard InChI is InChI=1S/C37H34N6O5S2/c1-42(50(47,48)24-10-3-2-4-11-24)31-15-8-12-25(28(31)21-38)26-17-18-33(40-34(26)36(45)46)43-20-19-23-9-7-13-27(29(23)22-43)35(44)41-37-39-30-14-5-6-16-32(30)49-37/h5-9,12-18,24H,2-4,10-11,19-20,22H2,1H3,(H,45,46)(H,39,41,44). The van der Waals surface area contributed by atoms with Gasteiger partial charge in [0.1, 0.15) is 11.9 Å². The topological polar surface area (TPSA) is 157 Å². The number of nitrogens with one attached hydrogen (secondary N) is 1. The van der Waals surface area contributed by atoms with Gasteiger partial charge in [-0.05, 0) is 66.8 Å². The first-order valence-electron chi connectivity index (χ1n) is 16.4. The third-order valence-corrected chi connectivity index (χ3v) is 12.8. The van der Waals surface area contributed by atoms with E-state index in [2.05, 4.69) is 21.4 Å². The first-order valence-corrected chi connectivity index (χ1v) is 18.8. The molecule has 3 heterocycles. The van der Waals surface area contributed by atoms with Gasteiger partial charge >= 0.3 is 5.97 Å². The minimum absolute atomic E-state index is 0.0575. The number of carbonyl (C=O) groups excluding carboxylic acids is 1. The van der Waals surface area contributed by atoms with Gasteiger partial charge in [0.25, 0.3) is 5.91 Å². The summed E-state index contributed by atoms with van der Waals surface area (Å²) in [6.07, 6.45) is 4.43. The quantitative estimate of drug-likeness (QED) is 0.176. The summed E-state index contributed by atoms with van der Waals surface area (Å²) in [7, 11) is -2.29. The van der Waals surface area contributed by atoms with Gasteiger partial charge in [0, 0.05) is 36.8 Å². The fourth-order valence-corrected chi connectivity index (χ4v) is 9.62. The molecular formula is C37H34N6O5S2. The van der Waals surface area contributed by atoms with Crippen molar-refractivity contribution in [3.05, 3.63) is 101 Å². The van der Waals surface area contributed by atoms with E-state index < -0.39 is 21.2 Å². The molecule has 5 aromatic rings. The van der Waals surface area contributed by atoms with Crippen molar-refractivity contribution in [2.24, 2.45) is 0 Å². The largest absolute Gasteiger partial charge is 0.476 e. The Balaban J connectivity index is 1.18. The van der Waals surface area contributed by atoms with Crippen LogP contribution in [0.1, 0.15) is 69.6 Å². The number of benzene rings is 3. The summed E-state index contributed by atoms with van der Waals surface area (Å²) in [6, 6.07) is 23.5. The highest BCUT2D eigenvalue weighted by Gasteiger charge is 2.33. The Bertz CT molecular complexity index is 2260. The molecular weight excluding hydrogens is 673 g/mol. The molecule has 7 rings (SSSR count). The lowest BCUT2D eigenvalue weighted by Gasteiger charge is -2.31. The molecule has 0 spiro atoms. The molecule has 0 unspecified atom stereocenters. The summed E-state index contributed by atoms with van der Waals surface area (Å²) in [5.74, 6) is -1.16. The van der Waals surface area contributed by atoms with E-state index in [1.54, 1.807) is 36.4 Å². The van der Waals surface area contributed by atoms with Crippen molar-refractivity contribution < 1.29 is 23.1 Å². The number of pyridine rings is 1. The number of rotatable bonds is 8. The monoisotopic (exact) mass is 706 g/mol. The highest BCUT2D eigenvalue weighted by molar-refractivity contribution is 7.93. The van der Waals surface area contributed by atoms with E-state index in [1.807, 2.05) is 41.3 Å². The predicted molar refractivity (Wildman–Crippen MR) is 194 cm³/mol. The van der Waals surface area contributed by atoms with Crippen LogP contribution in [0.5, 0.6) is 0 Å². The average Bonchev–Trinajstić information content (AvgIpc) is 3.56. The van der Waals surface area contributed by atoms with Gasteiger partial charge in [-0.2, -0.15) is 5.26 Å². The van der Waals surface area contributed by atoms with Crippen molar-refractivity contribution in [2.45, 2.75) is 50.3 Å². The van der Waals surface area contributed by atoms with Crippen molar-refractivity contribution in [3.8, 4) is 17.2 Å². The molecule has 2 aliphatic rings. The number of anilines is 3. The second-order valence-electron chi connectivity index (χ2n) is 12.5. The van der Waals surface area contributed by atoms with Crippen molar-refractivity contribution in [1.82, 2.24) is 9.97 Å². The minimum Gasteiger partial charge on any atom is -0.476 e. The Morgan fingerprint density at radius 1 is 0.980 bits per heavy atom. The molecule has 0 radical (unpaired) electrons. The Hall–Kier alpha value is -5.32. The molecule has 2 aromatic heterocycles. The number of para-hydroxylation sites is 1. The van der Waals surface area contributed by atoms with E-state index in [9.17, 15) is 28.4 Å². The first-order chi connectivity index (χ1) is 24.2. The fourth-order valence-electron chi connectivity index (χ4n) is 6.95. The summed E-state index contributed by atoms with van der Waals surface area (Å²) in [5, 5.41) is 23.5. The molecule has 0 bridgehead atoms. The molecule has 254 valence electrons. The van der Waals surface area contributed by atoms with Crippen LogP contribution in [0, 0.1) is 11.3 Å². The molecule has 1 aliphatic carbocycles. The Morgan fingerprint density at radius 2 is 1.76 bits per heavy atom. The summed E-state index contributed by atoms with van der Waals surface area (Å²) < 4.78 is 29.3. The molecule has 1 aliphatic heterocycles. The van der Waals surface area contributed by atoms with Gasteiger partial charge in [0.15, 0.2) is 10.8 Å². The maximum Gasteiger partial charge on any atom is 0.355 e. The number of sulfonamides is 1. The number of amides is 1. The van der Waals surface area contributed by atoms with Crippen LogP contribution in [0.3, 0.4) is 0 Å². The molecule has 0 saturated heterocycles. The first kappa shape index (κ1) is 33.2. The maximum atomic E-state index is 13.6. The van der Waals surface area contributed by atoms with Gasteiger partial charge in [0.05, 0.1) is 26.7 Å². The fraction of sp³-hybridized carbons (Fsp3) is 0.270. The van der Waals surface area contributed by atoms with Crippen LogP contribution in [0.25, 0.3) is 21.3 Å². The summed E-state index contributed by atoms with van der Waals surface area (Å²) in [4.78, 5) is 37.2. The van der Waals surface area contributed by atoms with Crippen molar-refractivity contribution in [2.75, 3.05) is 28.1 Å². The van der Waals surface area contributed by atoms with Gasteiger partial charge in [-0.1, -0.05) is 67.0 Å². The molecule has 13 heteroatoms. The Kier molecular flexibility index (Phi) is 8.98. The van der Waals surface area contributed by atoms with Crippen molar-refractivity contribution >= 4 is 60.1 Å². The van der Waals surface area contributed by atoms with Gasteiger partial charge in [-0.25, -0.2) is 23.2 Å². The zero-order chi connectivity index (χ0) is 35.0. The van der Waals surface area contributed by atoms with Crippen LogP contribution in [0.2, 0.25) is 0 Å². The lowest BCUT2D eigenvalue weighted by Crippen LogP contribution is -2.37. The van der Waals surface area contributed by atoms with Gasteiger partial charge < -0.3 is 10.0 Å². The number of hydrogen-bond donors (Lipinski definition) is 2. The van der Waals surface area contributed by atoms with E-state index in [0.29, 0.717) is 48.9 Å². The normalized spacial score (nSPS) is 14.9. The highest BCUT2D eigenvalue weighted by Crippen LogP contribution is 2.37. The molecule has 3 aromatic carbocycles. The Morgan fingerprint density at radius 3 is 2.52 bits per heavy atom. The smallest absolute Gasteiger partial charge is 0.355 e. The zero-order valence-electron chi connectivity index (χ0n) is 27.3. The van der Waals surface area contributed by atoms with E-state index in [4.69, 9.17) is 0 Å². The minimum atomic E-state index is -3.74. The number of aromatic carboxylic acids is 1. The van der Waals surface area contributed by atoms with Crippen LogP contribution >= 0.6 is 11.3 Å². The van der Waals surface area contributed by atoms with Crippen LogP contribution in [0.4, 0.5) is 16.6 Å². The summed E-state index contributed by atoms with van der Waals surface area (Å²) in [6.45, 7) is 0.872. The molecule has 11 nitrogen and oxygen atoms in total. The number of carboxylic acid groups (broad SMARTS) is 1. The third-order valence-electron chi connectivity index (χ3n) is 9.58. The number of thiazole rings is 1. The molecule has 50 heavy (non-hydrogen) atoms. The summed E-state index contributed by atoms with van der Waals surface area (Å²) in [5.41, 5.74) is 3.63. The van der Waals surface area contributed by atoms with E-state index in [-0.39, 0.29) is 34.0 Å². The van der Waals surface area contributed by atoms with E-state index in [1.165, 1.54) is 22.7 Å². The van der Waals surface area contributed by atoms with Crippen molar-refractivity contribution in [1.29, 1.82) is 5.26 Å². The Labute approximate surface area is 293 Å². The number of nitrogens with zero attached hydrogens (tertiary/aromatic N) is 5. The highest BCUT2D eigenvalue weighted by atomic mass is 32.2. The number of fused-ring (bicyclic) bond motifs is 2. The average molecular weight is 707 g/mol. The van der Waals surface area contributed by atoms with Gasteiger partial charge in [0.2, 0.25) is 10.0 Å². The molecule has 1 saturated carbocycles. The maximum absolute atomic E-state index is 13.6. The number of carbonyl (C=O) groups is 2. The molecule has 1 fully saturated rings. The van der Waals surface area contributed by atoms with Crippen LogP contribution in [0.15, 0.2) is 72.8 Å². The second-order valence-corrected chi connectivity index (χ2v) is 15.8. The lowest BCUT2D eigenvalue weighted by molar-refractivity contribution is 0.0691. The van der Waals surface area contributed by atoms with E-state index in [0.717, 1.165) is 40.6 Å². The number of nitriles is 1. The molecule has 1 amide bonds. The van der Waals surface area contributed by atoms with Crippen LogP contribution in [-0.4, -0.2) is 54.2 Å². The lowest BCUT2D eigenvalue weighted by atomic mass is 9.94. The zero-order valence-corrected chi connectivity index (χ0v) is 28.9. The predicted octanol–water partition coefficient (Wildman–Crippen LogP) is 6.84. The second kappa shape index (κ2) is 13.5. The molecule has 0 atom stereocenters. The van der Waals surface area contributed by atoms with Gasteiger partial charge in [-0.3, -0.25) is 14.4 Å². The number of carboxylic acids is 1.